The highest BCUT2D eigenvalue weighted by atomic mass is 16.6. The van der Waals surface area contributed by atoms with Gasteiger partial charge in [-0.25, -0.2) is 4.79 Å². The Kier molecular flexibility index (Phi) is 6.21. The first-order valence-corrected chi connectivity index (χ1v) is 4.82. The van der Waals surface area contributed by atoms with Crippen molar-refractivity contribution < 1.29 is 14.3 Å². The summed E-state index contributed by atoms with van der Waals surface area (Å²) in [6.07, 6.45) is 2.15. The van der Waals surface area contributed by atoms with Gasteiger partial charge in [-0.15, -0.1) is 0 Å². The standard InChI is InChI=1S/C11H20O3/c1-5-10(12)14-9-8-13-7-6-11(2,3)4/h5H,1,6-9H2,2-4H3. The highest BCUT2D eigenvalue weighted by Gasteiger charge is 2.08. The van der Waals surface area contributed by atoms with Gasteiger partial charge in [0, 0.05) is 12.7 Å². The molecule has 0 saturated carbocycles. The van der Waals surface area contributed by atoms with E-state index >= 15 is 0 Å². The van der Waals surface area contributed by atoms with Crippen molar-refractivity contribution in [1.82, 2.24) is 0 Å². The second-order valence-corrected chi connectivity index (χ2v) is 4.29. The molecule has 0 saturated heterocycles. The average Bonchev–Trinajstić information content (AvgIpc) is 2.08. The average molecular weight is 200 g/mol. The van der Waals surface area contributed by atoms with Gasteiger partial charge in [-0.1, -0.05) is 27.4 Å². The molecule has 0 amide bonds. The number of esters is 1. The molecule has 0 N–H and O–H groups in total. The van der Waals surface area contributed by atoms with E-state index in [1.54, 1.807) is 0 Å². The van der Waals surface area contributed by atoms with Crippen LogP contribution in [0.4, 0.5) is 0 Å². The zero-order valence-corrected chi connectivity index (χ0v) is 9.34. The minimum atomic E-state index is -0.399. The van der Waals surface area contributed by atoms with E-state index in [-0.39, 0.29) is 5.41 Å². The quantitative estimate of drug-likeness (QED) is 0.374. The molecule has 0 radical (unpaired) electrons. The van der Waals surface area contributed by atoms with Crippen LogP contribution in [0, 0.1) is 5.41 Å². The van der Waals surface area contributed by atoms with E-state index in [0.717, 1.165) is 12.5 Å². The van der Waals surface area contributed by atoms with E-state index in [0.29, 0.717) is 19.8 Å². The third-order valence-electron chi connectivity index (χ3n) is 1.64. The number of ether oxygens (including phenoxy) is 2. The third kappa shape index (κ3) is 9.26. The van der Waals surface area contributed by atoms with Crippen molar-refractivity contribution in [2.45, 2.75) is 27.2 Å². The summed E-state index contributed by atoms with van der Waals surface area (Å²) in [7, 11) is 0. The summed E-state index contributed by atoms with van der Waals surface area (Å²) in [5, 5.41) is 0. The Morgan fingerprint density at radius 3 is 2.43 bits per heavy atom. The van der Waals surface area contributed by atoms with E-state index in [4.69, 9.17) is 9.47 Å². The second kappa shape index (κ2) is 6.60. The highest BCUT2D eigenvalue weighted by molar-refractivity contribution is 5.81. The van der Waals surface area contributed by atoms with Gasteiger partial charge in [0.1, 0.15) is 6.61 Å². The van der Waals surface area contributed by atoms with Crippen molar-refractivity contribution in [2.75, 3.05) is 19.8 Å². The largest absolute Gasteiger partial charge is 0.460 e. The van der Waals surface area contributed by atoms with Gasteiger partial charge in [0.05, 0.1) is 6.61 Å². The lowest BCUT2D eigenvalue weighted by Crippen LogP contribution is -2.13. The van der Waals surface area contributed by atoms with Gasteiger partial charge < -0.3 is 9.47 Å². The first-order chi connectivity index (χ1) is 6.45. The van der Waals surface area contributed by atoms with E-state index < -0.39 is 5.97 Å². The normalized spacial score (nSPS) is 11.1. The molecular weight excluding hydrogens is 180 g/mol. The lowest BCUT2D eigenvalue weighted by Gasteiger charge is -2.17. The number of carbonyl (C=O) groups is 1. The Bertz CT molecular complexity index is 179. The maximum atomic E-state index is 10.6. The van der Waals surface area contributed by atoms with Crippen molar-refractivity contribution in [3.05, 3.63) is 12.7 Å². The first kappa shape index (κ1) is 13.2. The molecule has 0 aliphatic rings. The second-order valence-electron chi connectivity index (χ2n) is 4.29. The lowest BCUT2D eigenvalue weighted by molar-refractivity contribution is -0.139. The smallest absolute Gasteiger partial charge is 0.330 e. The minimum absolute atomic E-state index is 0.289. The fourth-order valence-corrected chi connectivity index (χ4v) is 0.741. The van der Waals surface area contributed by atoms with Crippen molar-refractivity contribution in [3.63, 3.8) is 0 Å². The van der Waals surface area contributed by atoms with Gasteiger partial charge in [0.25, 0.3) is 0 Å². The van der Waals surface area contributed by atoms with Crippen LogP contribution in [0.3, 0.4) is 0 Å². The zero-order chi connectivity index (χ0) is 11.0. The predicted molar refractivity (Wildman–Crippen MR) is 56.0 cm³/mol. The van der Waals surface area contributed by atoms with Crippen LogP contribution in [-0.2, 0) is 14.3 Å². The van der Waals surface area contributed by atoms with Crippen molar-refractivity contribution in [2.24, 2.45) is 5.41 Å². The third-order valence-corrected chi connectivity index (χ3v) is 1.64. The molecule has 0 bridgehead atoms. The van der Waals surface area contributed by atoms with E-state index in [2.05, 4.69) is 27.4 Å². The molecule has 0 aliphatic carbocycles. The summed E-state index contributed by atoms with van der Waals surface area (Å²) in [5.74, 6) is -0.399. The number of hydrogen-bond acceptors (Lipinski definition) is 3. The molecule has 0 heterocycles. The fourth-order valence-electron chi connectivity index (χ4n) is 0.741. The number of carbonyl (C=O) groups excluding carboxylic acids is 1. The first-order valence-electron chi connectivity index (χ1n) is 4.82. The van der Waals surface area contributed by atoms with Crippen molar-refractivity contribution in [3.8, 4) is 0 Å². The summed E-state index contributed by atoms with van der Waals surface area (Å²) >= 11 is 0. The van der Waals surface area contributed by atoms with Gasteiger partial charge in [-0.05, 0) is 11.8 Å². The summed E-state index contributed by atoms with van der Waals surface area (Å²) in [6.45, 7) is 11.2. The molecular formula is C11H20O3. The Morgan fingerprint density at radius 2 is 1.93 bits per heavy atom. The maximum absolute atomic E-state index is 10.6. The van der Waals surface area contributed by atoms with Crippen LogP contribution in [0.25, 0.3) is 0 Å². The summed E-state index contributed by atoms with van der Waals surface area (Å²) in [6, 6.07) is 0. The van der Waals surface area contributed by atoms with Crippen molar-refractivity contribution >= 4 is 5.97 Å². The molecule has 0 atom stereocenters. The Hall–Kier alpha value is -0.830. The molecule has 14 heavy (non-hydrogen) atoms. The van der Waals surface area contributed by atoms with Crippen LogP contribution in [0.5, 0.6) is 0 Å². The van der Waals surface area contributed by atoms with Crippen LogP contribution in [0.1, 0.15) is 27.2 Å². The molecule has 0 aromatic heterocycles. The SMILES string of the molecule is C=CC(=O)OCCOCCC(C)(C)C. The van der Waals surface area contributed by atoms with E-state index in [9.17, 15) is 4.79 Å². The van der Waals surface area contributed by atoms with Gasteiger partial charge in [0.15, 0.2) is 0 Å². The fraction of sp³-hybridized carbons (Fsp3) is 0.727. The number of rotatable bonds is 6. The monoisotopic (exact) mass is 200 g/mol. The molecule has 0 unspecified atom stereocenters. The summed E-state index contributed by atoms with van der Waals surface area (Å²) in [4.78, 5) is 10.6. The van der Waals surface area contributed by atoms with E-state index in [1.165, 1.54) is 0 Å². The summed E-state index contributed by atoms with van der Waals surface area (Å²) in [5.41, 5.74) is 0.289. The maximum Gasteiger partial charge on any atom is 0.330 e. The zero-order valence-electron chi connectivity index (χ0n) is 9.34. The van der Waals surface area contributed by atoms with Crippen LogP contribution >= 0.6 is 0 Å². The van der Waals surface area contributed by atoms with Gasteiger partial charge in [-0.2, -0.15) is 0 Å². The minimum Gasteiger partial charge on any atom is -0.460 e. The van der Waals surface area contributed by atoms with Crippen LogP contribution in [0.15, 0.2) is 12.7 Å². The Balaban J connectivity index is 3.22. The molecule has 0 fully saturated rings. The molecule has 0 spiro atoms. The van der Waals surface area contributed by atoms with Gasteiger partial charge >= 0.3 is 5.97 Å². The van der Waals surface area contributed by atoms with Crippen LogP contribution in [0.2, 0.25) is 0 Å². The molecule has 0 rings (SSSR count). The highest BCUT2D eigenvalue weighted by Crippen LogP contribution is 2.17. The Labute approximate surface area is 86.1 Å². The van der Waals surface area contributed by atoms with Crippen molar-refractivity contribution in [1.29, 1.82) is 0 Å². The predicted octanol–water partition coefficient (Wildman–Crippen LogP) is 2.17. The van der Waals surface area contributed by atoms with Crippen LogP contribution in [-0.4, -0.2) is 25.8 Å². The molecule has 3 nitrogen and oxygen atoms in total. The topological polar surface area (TPSA) is 35.5 Å². The molecule has 82 valence electrons. The lowest BCUT2D eigenvalue weighted by atomic mass is 9.93. The van der Waals surface area contributed by atoms with Gasteiger partial charge in [0.2, 0.25) is 0 Å². The van der Waals surface area contributed by atoms with Gasteiger partial charge in [-0.3, -0.25) is 0 Å². The molecule has 0 aromatic carbocycles. The number of hydrogen-bond donors (Lipinski definition) is 0. The molecule has 3 heteroatoms. The summed E-state index contributed by atoms with van der Waals surface area (Å²) < 4.78 is 10.0. The van der Waals surface area contributed by atoms with Crippen LogP contribution < -0.4 is 0 Å². The van der Waals surface area contributed by atoms with E-state index in [1.807, 2.05) is 0 Å². The Morgan fingerprint density at radius 1 is 1.29 bits per heavy atom. The molecule has 0 aliphatic heterocycles. The molecule has 0 aromatic rings.